The van der Waals surface area contributed by atoms with E-state index in [1.54, 1.807) is 36.0 Å². The number of thioether (sulfide) groups is 1. The van der Waals surface area contributed by atoms with Gasteiger partial charge >= 0.3 is 0 Å². The Hall–Kier alpha value is -0.710. The maximum absolute atomic E-state index is 11.6. The fourth-order valence-electron chi connectivity index (χ4n) is 1.18. The Morgan fingerprint density at radius 1 is 1.62 bits per heavy atom. The summed E-state index contributed by atoms with van der Waals surface area (Å²) < 4.78 is 0. The summed E-state index contributed by atoms with van der Waals surface area (Å²) in [4.78, 5) is 11.6. The lowest BCUT2D eigenvalue weighted by molar-refractivity contribution is -0.117. The van der Waals surface area contributed by atoms with Crippen LogP contribution in [0.25, 0.3) is 0 Å². The Morgan fingerprint density at radius 2 is 2.38 bits per heavy atom. The van der Waals surface area contributed by atoms with Crippen LogP contribution >= 0.6 is 23.4 Å². The standard InChI is InChI=1S/C11H15ClN2OS/c1-16-6-5-10(13)11(15)14-9-4-2-3-8(12)7-9/h2-4,7,10H,5-6,13H2,1H3,(H,14,15)/t10-/m0/s1. The molecule has 1 amide bonds. The molecule has 1 atom stereocenters. The van der Waals surface area contributed by atoms with E-state index in [0.29, 0.717) is 17.1 Å². The van der Waals surface area contributed by atoms with Gasteiger partial charge < -0.3 is 11.1 Å². The molecule has 0 aliphatic carbocycles. The summed E-state index contributed by atoms with van der Waals surface area (Å²) in [5.74, 6) is 0.709. The minimum absolute atomic E-state index is 0.170. The second-order valence-electron chi connectivity index (χ2n) is 3.39. The molecule has 0 radical (unpaired) electrons. The van der Waals surface area contributed by atoms with Gasteiger partial charge in [-0.2, -0.15) is 11.8 Å². The van der Waals surface area contributed by atoms with Gasteiger partial charge in [0.15, 0.2) is 0 Å². The Labute approximate surface area is 105 Å². The number of benzene rings is 1. The minimum Gasteiger partial charge on any atom is -0.325 e. The molecule has 1 aromatic rings. The molecule has 0 aliphatic rings. The summed E-state index contributed by atoms with van der Waals surface area (Å²) in [5.41, 5.74) is 6.41. The number of halogens is 1. The molecule has 0 heterocycles. The van der Waals surface area contributed by atoms with E-state index in [-0.39, 0.29) is 5.91 Å². The molecule has 0 aromatic heterocycles. The van der Waals surface area contributed by atoms with Crippen LogP contribution in [0.2, 0.25) is 5.02 Å². The Kier molecular flexibility index (Phi) is 5.66. The second kappa shape index (κ2) is 6.78. The van der Waals surface area contributed by atoms with Crippen LogP contribution in [0.5, 0.6) is 0 Å². The van der Waals surface area contributed by atoms with E-state index in [2.05, 4.69) is 5.32 Å². The summed E-state index contributed by atoms with van der Waals surface area (Å²) in [5, 5.41) is 3.33. The van der Waals surface area contributed by atoms with Crippen molar-refractivity contribution >= 4 is 35.0 Å². The highest BCUT2D eigenvalue weighted by molar-refractivity contribution is 7.98. The lowest BCUT2D eigenvalue weighted by Crippen LogP contribution is -2.36. The Morgan fingerprint density at radius 3 is 3.00 bits per heavy atom. The van der Waals surface area contributed by atoms with Crippen LogP contribution in [0.3, 0.4) is 0 Å². The molecule has 0 saturated carbocycles. The monoisotopic (exact) mass is 258 g/mol. The number of nitrogens with one attached hydrogen (secondary N) is 1. The first kappa shape index (κ1) is 13.4. The van der Waals surface area contributed by atoms with Gasteiger partial charge in [-0.3, -0.25) is 4.79 Å². The third-order valence-electron chi connectivity index (χ3n) is 2.06. The molecule has 0 spiro atoms. The smallest absolute Gasteiger partial charge is 0.241 e. The zero-order chi connectivity index (χ0) is 12.0. The molecule has 88 valence electrons. The predicted molar refractivity (Wildman–Crippen MR) is 71.1 cm³/mol. The fraction of sp³-hybridized carbons (Fsp3) is 0.364. The number of anilines is 1. The van der Waals surface area contributed by atoms with Gasteiger partial charge in [0.25, 0.3) is 0 Å². The van der Waals surface area contributed by atoms with Gasteiger partial charge in [-0.25, -0.2) is 0 Å². The third-order valence-corrected chi connectivity index (χ3v) is 2.94. The summed E-state index contributed by atoms with van der Waals surface area (Å²) in [7, 11) is 0. The molecule has 1 aromatic carbocycles. The van der Waals surface area contributed by atoms with Gasteiger partial charge in [0.2, 0.25) is 5.91 Å². The number of hydrogen-bond donors (Lipinski definition) is 2. The molecule has 0 unspecified atom stereocenters. The average Bonchev–Trinajstić information content (AvgIpc) is 2.25. The molecular formula is C11H15ClN2OS. The zero-order valence-corrected chi connectivity index (χ0v) is 10.6. The molecule has 0 fully saturated rings. The van der Waals surface area contributed by atoms with Gasteiger partial charge in [0, 0.05) is 10.7 Å². The van der Waals surface area contributed by atoms with Gasteiger partial charge in [-0.15, -0.1) is 0 Å². The molecule has 0 bridgehead atoms. The molecule has 16 heavy (non-hydrogen) atoms. The van der Waals surface area contributed by atoms with Crippen LogP contribution in [0.15, 0.2) is 24.3 Å². The van der Waals surface area contributed by atoms with E-state index < -0.39 is 6.04 Å². The largest absolute Gasteiger partial charge is 0.325 e. The van der Waals surface area contributed by atoms with E-state index in [1.165, 1.54) is 0 Å². The van der Waals surface area contributed by atoms with Crippen LogP contribution in [-0.4, -0.2) is 24.0 Å². The van der Waals surface area contributed by atoms with Crippen LogP contribution in [0, 0.1) is 0 Å². The van der Waals surface area contributed by atoms with E-state index in [4.69, 9.17) is 17.3 Å². The first-order valence-electron chi connectivity index (χ1n) is 4.94. The van der Waals surface area contributed by atoms with Crippen molar-refractivity contribution in [2.75, 3.05) is 17.3 Å². The van der Waals surface area contributed by atoms with E-state index in [9.17, 15) is 4.79 Å². The molecule has 1 rings (SSSR count). The zero-order valence-electron chi connectivity index (χ0n) is 9.07. The first-order chi connectivity index (χ1) is 7.63. The summed E-state index contributed by atoms with van der Waals surface area (Å²) >= 11 is 7.48. The van der Waals surface area contributed by atoms with Crippen LogP contribution < -0.4 is 11.1 Å². The highest BCUT2D eigenvalue weighted by Crippen LogP contribution is 2.15. The summed E-state index contributed by atoms with van der Waals surface area (Å²) in [6.07, 6.45) is 2.66. The van der Waals surface area contributed by atoms with Crippen molar-refractivity contribution in [1.82, 2.24) is 0 Å². The molecule has 5 heteroatoms. The summed E-state index contributed by atoms with van der Waals surface area (Å²) in [6.45, 7) is 0. The molecular weight excluding hydrogens is 244 g/mol. The third kappa shape index (κ3) is 4.43. The second-order valence-corrected chi connectivity index (χ2v) is 4.81. The van der Waals surface area contributed by atoms with Crippen molar-refractivity contribution < 1.29 is 4.79 Å². The topological polar surface area (TPSA) is 55.1 Å². The van der Waals surface area contributed by atoms with Crippen molar-refractivity contribution in [2.24, 2.45) is 5.73 Å². The molecule has 0 saturated heterocycles. The van der Waals surface area contributed by atoms with Gasteiger partial charge in [0.1, 0.15) is 0 Å². The van der Waals surface area contributed by atoms with Crippen molar-refractivity contribution in [2.45, 2.75) is 12.5 Å². The van der Waals surface area contributed by atoms with E-state index in [1.807, 2.05) is 6.26 Å². The van der Waals surface area contributed by atoms with E-state index >= 15 is 0 Å². The Bertz CT molecular complexity index is 360. The number of rotatable bonds is 5. The molecule has 3 nitrogen and oxygen atoms in total. The minimum atomic E-state index is -0.466. The number of hydrogen-bond acceptors (Lipinski definition) is 3. The summed E-state index contributed by atoms with van der Waals surface area (Å²) in [6, 6.07) is 6.55. The van der Waals surface area contributed by atoms with Crippen LogP contribution in [-0.2, 0) is 4.79 Å². The van der Waals surface area contributed by atoms with E-state index in [0.717, 1.165) is 5.75 Å². The predicted octanol–water partition coefficient (Wildman–Crippen LogP) is 2.36. The SMILES string of the molecule is CSCC[C@H](N)C(=O)Nc1cccc(Cl)c1. The normalized spacial score (nSPS) is 12.2. The maximum atomic E-state index is 11.6. The molecule has 0 aliphatic heterocycles. The lowest BCUT2D eigenvalue weighted by atomic mass is 10.2. The average molecular weight is 259 g/mol. The number of carbonyl (C=O) groups is 1. The quantitative estimate of drug-likeness (QED) is 0.853. The van der Waals surface area contributed by atoms with Gasteiger partial charge in [-0.1, -0.05) is 17.7 Å². The van der Waals surface area contributed by atoms with Crippen molar-refractivity contribution in [3.05, 3.63) is 29.3 Å². The van der Waals surface area contributed by atoms with Crippen molar-refractivity contribution in [3.8, 4) is 0 Å². The van der Waals surface area contributed by atoms with Crippen LogP contribution in [0.1, 0.15) is 6.42 Å². The Balaban J connectivity index is 2.50. The molecule has 3 N–H and O–H groups in total. The highest BCUT2D eigenvalue weighted by Gasteiger charge is 2.12. The van der Waals surface area contributed by atoms with Gasteiger partial charge in [0.05, 0.1) is 6.04 Å². The highest BCUT2D eigenvalue weighted by atomic mass is 35.5. The van der Waals surface area contributed by atoms with Crippen molar-refractivity contribution in [1.29, 1.82) is 0 Å². The lowest BCUT2D eigenvalue weighted by Gasteiger charge is -2.11. The number of nitrogens with two attached hydrogens (primary N) is 1. The number of carbonyl (C=O) groups excluding carboxylic acids is 1. The maximum Gasteiger partial charge on any atom is 0.241 e. The fourth-order valence-corrected chi connectivity index (χ4v) is 1.86. The van der Waals surface area contributed by atoms with Crippen molar-refractivity contribution in [3.63, 3.8) is 0 Å². The van der Waals surface area contributed by atoms with Crippen LogP contribution in [0.4, 0.5) is 5.69 Å². The first-order valence-corrected chi connectivity index (χ1v) is 6.71. The van der Waals surface area contributed by atoms with Gasteiger partial charge in [-0.05, 0) is 36.6 Å². The number of amides is 1.